The van der Waals surface area contributed by atoms with Gasteiger partial charge in [-0.15, -0.1) is 0 Å². The van der Waals surface area contributed by atoms with E-state index in [4.69, 9.17) is 0 Å². The smallest absolute Gasteiger partial charge is 0.0334 e. The van der Waals surface area contributed by atoms with Gasteiger partial charge in [0.1, 0.15) is 0 Å². The number of hydrogen-bond donors (Lipinski definition) is 0. The van der Waals surface area contributed by atoms with Crippen LogP contribution in [-0.4, -0.2) is 0 Å². The van der Waals surface area contributed by atoms with E-state index in [-0.39, 0.29) is 0 Å². The van der Waals surface area contributed by atoms with Gasteiger partial charge in [0.05, 0.1) is 0 Å². The quantitative estimate of drug-likeness (QED) is 0.545. The molecule has 1 saturated carbocycles. The van der Waals surface area contributed by atoms with Crippen molar-refractivity contribution in [2.24, 2.45) is 23.7 Å². The zero-order chi connectivity index (χ0) is 12.0. The van der Waals surface area contributed by atoms with E-state index in [0.29, 0.717) is 0 Å². The molecule has 0 aromatic heterocycles. The highest BCUT2D eigenvalue weighted by molar-refractivity contribution is 4.81. The first-order valence-corrected chi connectivity index (χ1v) is 7.70. The van der Waals surface area contributed by atoms with E-state index in [1.165, 1.54) is 51.4 Å². The van der Waals surface area contributed by atoms with Crippen LogP contribution < -0.4 is 0 Å². The van der Waals surface area contributed by atoms with E-state index < -0.39 is 0 Å². The second-order valence-electron chi connectivity index (χ2n) is 6.18. The van der Waals surface area contributed by atoms with Gasteiger partial charge in [-0.25, -0.2) is 0 Å². The lowest BCUT2D eigenvalue weighted by atomic mass is 9.67. The molecule has 0 aromatic rings. The Morgan fingerprint density at radius 1 is 1.00 bits per heavy atom. The summed E-state index contributed by atoms with van der Waals surface area (Å²) in [4.78, 5) is 0. The van der Waals surface area contributed by atoms with Crippen molar-refractivity contribution in [2.45, 2.75) is 79.1 Å². The molecule has 1 aliphatic carbocycles. The van der Waals surface area contributed by atoms with Gasteiger partial charge in [-0.1, -0.05) is 79.1 Å². The van der Waals surface area contributed by atoms with E-state index in [9.17, 15) is 0 Å². The molecule has 96 valence electrons. The summed E-state index contributed by atoms with van der Waals surface area (Å²) in [6, 6.07) is 0. The minimum Gasteiger partial charge on any atom is -0.0654 e. The number of hydrogen-bond acceptors (Lipinski definition) is 0. The van der Waals surface area contributed by atoms with Crippen molar-refractivity contribution in [1.82, 2.24) is 0 Å². The van der Waals surface area contributed by atoms with Crippen LogP contribution in [0.2, 0.25) is 0 Å². The van der Waals surface area contributed by atoms with Crippen molar-refractivity contribution >= 4 is 0 Å². The first-order chi connectivity index (χ1) is 7.70. The molecule has 0 saturated heterocycles. The Morgan fingerprint density at radius 2 is 1.62 bits per heavy atom. The minimum atomic E-state index is 0.889. The third-order valence-corrected chi connectivity index (χ3v) is 4.69. The van der Waals surface area contributed by atoms with Crippen LogP contribution in [-0.2, 0) is 0 Å². The van der Waals surface area contributed by atoms with Crippen molar-refractivity contribution in [3.05, 3.63) is 0 Å². The zero-order valence-corrected chi connectivity index (χ0v) is 12.0. The van der Waals surface area contributed by atoms with Crippen LogP contribution in [0, 0.1) is 23.7 Å². The third-order valence-electron chi connectivity index (χ3n) is 4.69. The van der Waals surface area contributed by atoms with Crippen LogP contribution in [0.5, 0.6) is 0 Å². The van der Waals surface area contributed by atoms with E-state index in [2.05, 4.69) is 27.7 Å². The van der Waals surface area contributed by atoms with Gasteiger partial charge < -0.3 is 0 Å². The summed E-state index contributed by atoms with van der Waals surface area (Å²) in [7, 11) is 0. The summed E-state index contributed by atoms with van der Waals surface area (Å²) in [6.07, 6.45) is 11.7. The molecule has 1 rings (SSSR count). The second kappa shape index (κ2) is 7.35. The molecule has 0 amide bonds. The topological polar surface area (TPSA) is 0 Å². The van der Waals surface area contributed by atoms with Crippen molar-refractivity contribution in [3.63, 3.8) is 0 Å². The Kier molecular flexibility index (Phi) is 6.46. The maximum absolute atomic E-state index is 2.46. The summed E-state index contributed by atoms with van der Waals surface area (Å²) in [5, 5.41) is 0. The molecule has 0 bridgehead atoms. The van der Waals surface area contributed by atoms with Gasteiger partial charge in [-0.2, -0.15) is 0 Å². The summed E-state index contributed by atoms with van der Waals surface area (Å²) in [5.74, 6) is 3.93. The largest absolute Gasteiger partial charge is 0.0654 e. The summed E-state index contributed by atoms with van der Waals surface area (Å²) in [6.45, 7) is 9.66. The summed E-state index contributed by atoms with van der Waals surface area (Å²) >= 11 is 0. The standard InChI is InChI=1S/C16H32/c1-5-10-14(6-2)16(13(3)4)15-11-8-7-9-12-15/h13-16H,5-12H2,1-4H3. The van der Waals surface area contributed by atoms with Crippen LogP contribution >= 0.6 is 0 Å². The van der Waals surface area contributed by atoms with E-state index in [0.717, 1.165) is 23.7 Å². The lowest BCUT2D eigenvalue weighted by Gasteiger charge is -2.38. The van der Waals surface area contributed by atoms with Crippen LogP contribution in [0.25, 0.3) is 0 Å². The molecule has 0 nitrogen and oxygen atoms in total. The molecule has 0 heteroatoms. The fourth-order valence-electron chi connectivity index (χ4n) is 4.03. The van der Waals surface area contributed by atoms with Crippen LogP contribution in [0.4, 0.5) is 0 Å². The second-order valence-corrected chi connectivity index (χ2v) is 6.18. The SMILES string of the molecule is CCCC(CC)C(C(C)C)C1CCCCC1. The van der Waals surface area contributed by atoms with E-state index in [1.807, 2.05) is 0 Å². The van der Waals surface area contributed by atoms with Crippen molar-refractivity contribution in [2.75, 3.05) is 0 Å². The maximum Gasteiger partial charge on any atom is -0.0334 e. The molecule has 0 spiro atoms. The molecule has 0 aliphatic heterocycles. The predicted molar refractivity (Wildman–Crippen MR) is 73.6 cm³/mol. The minimum absolute atomic E-state index is 0.889. The lowest BCUT2D eigenvalue weighted by Crippen LogP contribution is -2.29. The highest BCUT2D eigenvalue weighted by Gasteiger charge is 2.31. The van der Waals surface area contributed by atoms with E-state index >= 15 is 0 Å². The van der Waals surface area contributed by atoms with Gasteiger partial charge >= 0.3 is 0 Å². The summed E-state index contributed by atoms with van der Waals surface area (Å²) in [5.41, 5.74) is 0. The van der Waals surface area contributed by atoms with Gasteiger partial charge in [0, 0.05) is 0 Å². The van der Waals surface area contributed by atoms with Crippen LogP contribution in [0.3, 0.4) is 0 Å². The average molecular weight is 224 g/mol. The maximum atomic E-state index is 2.46. The molecule has 2 atom stereocenters. The van der Waals surface area contributed by atoms with Gasteiger partial charge in [-0.05, 0) is 23.7 Å². The Morgan fingerprint density at radius 3 is 2.06 bits per heavy atom. The lowest BCUT2D eigenvalue weighted by molar-refractivity contribution is 0.118. The molecule has 1 aliphatic rings. The predicted octanol–water partition coefficient (Wildman–Crippen LogP) is 5.67. The van der Waals surface area contributed by atoms with E-state index in [1.54, 1.807) is 0 Å². The zero-order valence-electron chi connectivity index (χ0n) is 12.0. The first-order valence-electron chi connectivity index (χ1n) is 7.70. The van der Waals surface area contributed by atoms with Crippen LogP contribution in [0.15, 0.2) is 0 Å². The fourth-order valence-corrected chi connectivity index (χ4v) is 4.03. The van der Waals surface area contributed by atoms with Crippen molar-refractivity contribution in [3.8, 4) is 0 Å². The van der Waals surface area contributed by atoms with Gasteiger partial charge in [0.2, 0.25) is 0 Å². The van der Waals surface area contributed by atoms with Crippen molar-refractivity contribution in [1.29, 1.82) is 0 Å². The average Bonchev–Trinajstić information content (AvgIpc) is 2.29. The highest BCUT2D eigenvalue weighted by atomic mass is 14.4. The van der Waals surface area contributed by atoms with Crippen LogP contribution in [0.1, 0.15) is 79.1 Å². The van der Waals surface area contributed by atoms with Gasteiger partial charge in [0.15, 0.2) is 0 Å². The number of rotatable bonds is 6. The Labute approximate surface area is 103 Å². The molecule has 1 fully saturated rings. The Balaban J connectivity index is 2.63. The Hall–Kier alpha value is 0. The van der Waals surface area contributed by atoms with Gasteiger partial charge in [0.25, 0.3) is 0 Å². The molecule has 0 heterocycles. The molecule has 0 radical (unpaired) electrons. The molecule has 0 N–H and O–H groups in total. The molecular weight excluding hydrogens is 192 g/mol. The first kappa shape index (κ1) is 14.1. The Bertz CT molecular complexity index is 160. The highest BCUT2D eigenvalue weighted by Crippen LogP contribution is 2.40. The van der Waals surface area contributed by atoms with Crippen molar-refractivity contribution < 1.29 is 0 Å². The molecule has 0 aromatic carbocycles. The normalized spacial score (nSPS) is 22.3. The van der Waals surface area contributed by atoms with Gasteiger partial charge in [-0.3, -0.25) is 0 Å². The summed E-state index contributed by atoms with van der Waals surface area (Å²) < 4.78 is 0. The third kappa shape index (κ3) is 3.79. The molecule has 16 heavy (non-hydrogen) atoms. The fraction of sp³-hybridized carbons (Fsp3) is 1.00. The molecule has 2 unspecified atom stereocenters. The molecular formula is C16H32. The monoisotopic (exact) mass is 224 g/mol.